The number of benzene rings is 2. The number of esters is 1. The Bertz CT molecular complexity index is 773. The van der Waals surface area contributed by atoms with Crippen molar-refractivity contribution in [2.75, 3.05) is 14.2 Å². The molecular formula is C19H18FNO4. The van der Waals surface area contributed by atoms with E-state index in [1.54, 1.807) is 24.3 Å². The van der Waals surface area contributed by atoms with Gasteiger partial charge >= 0.3 is 5.97 Å². The molecule has 0 aliphatic carbocycles. The van der Waals surface area contributed by atoms with Gasteiger partial charge in [0.15, 0.2) is 6.29 Å². The van der Waals surface area contributed by atoms with Crippen LogP contribution in [-0.2, 0) is 16.0 Å². The monoisotopic (exact) mass is 343 g/mol. The second-order valence-corrected chi connectivity index (χ2v) is 5.49. The maximum atomic E-state index is 13.1. The van der Waals surface area contributed by atoms with Crippen LogP contribution in [0.2, 0.25) is 0 Å². The van der Waals surface area contributed by atoms with Gasteiger partial charge in [-0.1, -0.05) is 30.3 Å². The SMILES string of the molecule is COC(=O)C(Cc1ccc(F)cc1)N(C)C(=O)c1ccccc1C=O. The first-order valence-corrected chi connectivity index (χ1v) is 7.61. The van der Waals surface area contributed by atoms with Crippen LogP contribution in [0.15, 0.2) is 48.5 Å². The Morgan fingerprint density at radius 3 is 2.40 bits per heavy atom. The number of halogens is 1. The lowest BCUT2D eigenvalue weighted by Gasteiger charge is -2.26. The number of methoxy groups -OCH3 is 1. The maximum Gasteiger partial charge on any atom is 0.328 e. The molecule has 1 unspecified atom stereocenters. The third kappa shape index (κ3) is 4.29. The summed E-state index contributed by atoms with van der Waals surface area (Å²) in [6, 6.07) is 11.1. The van der Waals surface area contributed by atoms with Gasteiger partial charge in [-0.25, -0.2) is 9.18 Å². The molecule has 6 heteroatoms. The van der Waals surface area contributed by atoms with Gasteiger partial charge in [-0.3, -0.25) is 9.59 Å². The second-order valence-electron chi connectivity index (χ2n) is 5.49. The molecule has 5 nitrogen and oxygen atoms in total. The standard InChI is InChI=1S/C19H18FNO4/c1-21(18(23)16-6-4-3-5-14(16)12-22)17(19(24)25-2)11-13-7-9-15(20)10-8-13/h3-10,12,17H,11H2,1-2H3. The van der Waals surface area contributed by atoms with Gasteiger partial charge in [0.2, 0.25) is 0 Å². The van der Waals surface area contributed by atoms with E-state index in [4.69, 9.17) is 4.74 Å². The number of nitrogens with zero attached hydrogens (tertiary/aromatic N) is 1. The lowest BCUT2D eigenvalue weighted by atomic mass is 10.0. The van der Waals surface area contributed by atoms with Gasteiger partial charge in [0, 0.05) is 19.0 Å². The van der Waals surface area contributed by atoms with E-state index < -0.39 is 17.9 Å². The van der Waals surface area contributed by atoms with Crippen molar-refractivity contribution >= 4 is 18.2 Å². The molecule has 25 heavy (non-hydrogen) atoms. The Balaban J connectivity index is 2.30. The molecular weight excluding hydrogens is 325 g/mol. The Morgan fingerprint density at radius 2 is 1.80 bits per heavy atom. The fraction of sp³-hybridized carbons (Fsp3) is 0.211. The quantitative estimate of drug-likeness (QED) is 0.597. The van der Waals surface area contributed by atoms with Crippen LogP contribution >= 0.6 is 0 Å². The Morgan fingerprint density at radius 1 is 1.16 bits per heavy atom. The number of carbonyl (C=O) groups is 3. The minimum Gasteiger partial charge on any atom is -0.467 e. The molecule has 0 radical (unpaired) electrons. The zero-order valence-electron chi connectivity index (χ0n) is 13.9. The molecule has 130 valence electrons. The van der Waals surface area contributed by atoms with Crippen LogP contribution in [0.3, 0.4) is 0 Å². The zero-order valence-corrected chi connectivity index (χ0v) is 13.9. The summed E-state index contributed by atoms with van der Waals surface area (Å²) < 4.78 is 17.8. The van der Waals surface area contributed by atoms with Gasteiger partial charge in [-0.05, 0) is 23.8 Å². The first-order chi connectivity index (χ1) is 12.0. The average Bonchev–Trinajstić information content (AvgIpc) is 2.65. The Labute approximate surface area is 145 Å². The van der Waals surface area contributed by atoms with Crippen molar-refractivity contribution in [2.24, 2.45) is 0 Å². The molecule has 0 aromatic heterocycles. The highest BCUT2D eigenvalue weighted by molar-refractivity contribution is 6.02. The summed E-state index contributed by atoms with van der Waals surface area (Å²) in [6.07, 6.45) is 0.757. The van der Waals surface area contributed by atoms with Gasteiger partial charge in [0.05, 0.1) is 12.7 Å². The maximum absolute atomic E-state index is 13.1. The molecule has 0 saturated heterocycles. The summed E-state index contributed by atoms with van der Waals surface area (Å²) in [5, 5.41) is 0. The molecule has 0 N–H and O–H groups in total. The molecule has 0 heterocycles. The number of hydrogen-bond donors (Lipinski definition) is 0. The number of carbonyl (C=O) groups excluding carboxylic acids is 3. The molecule has 1 amide bonds. The summed E-state index contributed by atoms with van der Waals surface area (Å²) in [4.78, 5) is 37.3. The predicted octanol–water partition coefficient (Wildman–Crippen LogP) is 2.49. The van der Waals surface area contributed by atoms with Crippen LogP contribution < -0.4 is 0 Å². The smallest absolute Gasteiger partial charge is 0.328 e. The van der Waals surface area contributed by atoms with E-state index >= 15 is 0 Å². The molecule has 0 saturated carbocycles. The van der Waals surface area contributed by atoms with Crippen molar-refractivity contribution in [3.63, 3.8) is 0 Å². The summed E-state index contributed by atoms with van der Waals surface area (Å²) in [5.41, 5.74) is 1.12. The Kier molecular flexibility index (Phi) is 6.00. The van der Waals surface area contributed by atoms with Crippen LogP contribution in [0.25, 0.3) is 0 Å². The lowest BCUT2D eigenvalue weighted by Crippen LogP contribution is -2.44. The van der Waals surface area contributed by atoms with Gasteiger partial charge in [-0.2, -0.15) is 0 Å². The van der Waals surface area contributed by atoms with Crippen LogP contribution in [0.1, 0.15) is 26.3 Å². The summed E-state index contributed by atoms with van der Waals surface area (Å²) in [6.45, 7) is 0. The molecule has 0 aliphatic heterocycles. The number of likely N-dealkylation sites (N-methyl/N-ethyl adjacent to an activating group) is 1. The van der Waals surface area contributed by atoms with E-state index in [0.717, 1.165) is 0 Å². The third-order valence-electron chi connectivity index (χ3n) is 3.92. The average molecular weight is 343 g/mol. The number of rotatable bonds is 6. The first-order valence-electron chi connectivity index (χ1n) is 7.61. The highest BCUT2D eigenvalue weighted by Crippen LogP contribution is 2.15. The highest BCUT2D eigenvalue weighted by atomic mass is 19.1. The third-order valence-corrected chi connectivity index (χ3v) is 3.92. The van der Waals surface area contributed by atoms with E-state index in [-0.39, 0.29) is 23.4 Å². The molecule has 0 aliphatic rings. The lowest BCUT2D eigenvalue weighted by molar-refractivity contribution is -0.145. The number of hydrogen-bond acceptors (Lipinski definition) is 4. The summed E-state index contributed by atoms with van der Waals surface area (Å²) in [5.74, 6) is -1.45. The van der Waals surface area contributed by atoms with E-state index in [1.807, 2.05) is 0 Å². The van der Waals surface area contributed by atoms with Crippen molar-refractivity contribution in [3.05, 3.63) is 71.0 Å². The molecule has 2 aromatic carbocycles. The van der Waals surface area contributed by atoms with Crippen molar-refractivity contribution in [2.45, 2.75) is 12.5 Å². The van der Waals surface area contributed by atoms with E-state index in [2.05, 4.69) is 0 Å². The van der Waals surface area contributed by atoms with Gasteiger partial charge in [0.1, 0.15) is 11.9 Å². The van der Waals surface area contributed by atoms with Crippen molar-refractivity contribution in [3.8, 4) is 0 Å². The summed E-state index contributed by atoms with van der Waals surface area (Å²) in [7, 11) is 2.70. The van der Waals surface area contributed by atoms with Crippen LogP contribution in [0.5, 0.6) is 0 Å². The molecule has 0 bridgehead atoms. The minimum atomic E-state index is -0.900. The van der Waals surface area contributed by atoms with Crippen LogP contribution in [-0.4, -0.2) is 43.3 Å². The topological polar surface area (TPSA) is 63.7 Å². The Hall–Kier alpha value is -3.02. The normalized spacial score (nSPS) is 11.5. The first kappa shape index (κ1) is 18.3. The van der Waals surface area contributed by atoms with Crippen molar-refractivity contribution < 1.29 is 23.5 Å². The van der Waals surface area contributed by atoms with E-state index in [9.17, 15) is 18.8 Å². The van der Waals surface area contributed by atoms with Crippen LogP contribution in [0, 0.1) is 5.82 Å². The minimum absolute atomic E-state index is 0.165. The molecule has 0 spiro atoms. The molecule has 2 rings (SSSR count). The van der Waals surface area contributed by atoms with Gasteiger partial charge in [0.25, 0.3) is 5.91 Å². The molecule has 0 fully saturated rings. The van der Waals surface area contributed by atoms with Gasteiger partial charge in [-0.15, -0.1) is 0 Å². The fourth-order valence-electron chi connectivity index (χ4n) is 2.48. The van der Waals surface area contributed by atoms with Crippen LogP contribution in [0.4, 0.5) is 4.39 Å². The van der Waals surface area contributed by atoms with E-state index in [1.165, 1.54) is 43.3 Å². The van der Waals surface area contributed by atoms with Gasteiger partial charge < -0.3 is 9.64 Å². The summed E-state index contributed by atoms with van der Waals surface area (Å²) >= 11 is 0. The van der Waals surface area contributed by atoms with E-state index in [0.29, 0.717) is 11.8 Å². The number of aldehydes is 1. The highest BCUT2D eigenvalue weighted by Gasteiger charge is 2.29. The second kappa shape index (κ2) is 8.19. The largest absolute Gasteiger partial charge is 0.467 e. The molecule has 1 atom stereocenters. The van der Waals surface area contributed by atoms with Crippen molar-refractivity contribution in [1.29, 1.82) is 0 Å². The number of ether oxygens (including phenoxy) is 1. The predicted molar refractivity (Wildman–Crippen MR) is 89.8 cm³/mol. The molecule has 2 aromatic rings. The zero-order chi connectivity index (χ0) is 18.4. The van der Waals surface area contributed by atoms with Crippen molar-refractivity contribution in [1.82, 2.24) is 4.90 Å². The fourth-order valence-corrected chi connectivity index (χ4v) is 2.48. The number of amides is 1.